The molecule has 0 amide bonds. The molecule has 0 atom stereocenters. The molecule has 25 heavy (non-hydrogen) atoms. The van der Waals surface area contributed by atoms with Gasteiger partial charge in [0.1, 0.15) is 5.82 Å². The number of nitrogens with one attached hydrogen (secondary N) is 1. The number of Topliss-reactive ketones (excluding diaryl/α,β-unsaturated/α-hetero) is 1. The molecule has 0 bridgehead atoms. The number of carbonyl (C=O) groups excluding carboxylic acids is 1. The maximum Gasteiger partial charge on any atom is 0.168 e. The summed E-state index contributed by atoms with van der Waals surface area (Å²) in [4.78, 5) is 12.5. The second-order valence-corrected chi connectivity index (χ2v) is 6.28. The third kappa shape index (κ3) is 2.82. The predicted octanol–water partition coefficient (Wildman–Crippen LogP) is 4.58. The number of carbonyl (C=O) groups is 1. The zero-order chi connectivity index (χ0) is 17.4. The van der Waals surface area contributed by atoms with Gasteiger partial charge in [-0.25, -0.2) is 9.07 Å². The van der Waals surface area contributed by atoms with Crippen LogP contribution in [0.3, 0.4) is 0 Å². The molecule has 4 nitrogen and oxygen atoms in total. The van der Waals surface area contributed by atoms with Crippen molar-refractivity contribution >= 4 is 17.3 Å². The summed E-state index contributed by atoms with van der Waals surface area (Å²) >= 11 is 0. The molecule has 0 radical (unpaired) electrons. The van der Waals surface area contributed by atoms with Gasteiger partial charge in [-0.15, -0.1) is 5.10 Å². The van der Waals surface area contributed by atoms with Crippen molar-refractivity contribution < 1.29 is 9.18 Å². The van der Waals surface area contributed by atoms with Crippen LogP contribution in [0.4, 0.5) is 15.9 Å². The zero-order valence-corrected chi connectivity index (χ0v) is 13.9. The van der Waals surface area contributed by atoms with Gasteiger partial charge < -0.3 is 5.32 Å². The SMILES string of the molecule is Cc1ccccc1Nc1nn(-c2ccc(F)cc2)c2c1C(=O)CCC2. The number of rotatable bonds is 3. The number of ketones is 1. The number of aryl methyl sites for hydroxylation is 1. The van der Waals surface area contributed by atoms with Crippen molar-refractivity contribution in [2.24, 2.45) is 0 Å². The van der Waals surface area contributed by atoms with Gasteiger partial charge in [0.05, 0.1) is 16.9 Å². The Hall–Kier alpha value is -2.95. The maximum absolute atomic E-state index is 13.2. The topological polar surface area (TPSA) is 46.9 Å². The number of benzene rings is 2. The number of nitrogens with zero attached hydrogens (tertiary/aromatic N) is 2. The molecule has 0 unspecified atom stereocenters. The summed E-state index contributed by atoms with van der Waals surface area (Å²) in [5, 5.41) is 7.95. The number of fused-ring (bicyclic) bond motifs is 1. The molecule has 0 saturated carbocycles. The summed E-state index contributed by atoms with van der Waals surface area (Å²) in [6.07, 6.45) is 2.12. The number of hydrogen-bond donors (Lipinski definition) is 1. The van der Waals surface area contributed by atoms with E-state index in [1.165, 1.54) is 12.1 Å². The van der Waals surface area contributed by atoms with E-state index in [1.807, 2.05) is 31.2 Å². The Bertz CT molecular complexity index is 944. The second kappa shape index (κ2) is 6.16. The van der Waals surface area contributed by atoms with E-state index in [1.54, 1.807) is 16.8 Å². The lowest BCUT2D eigenvalue weighted by atomic mass is 9.95. The number of aromatic nitrogens is 2. The van der Waals surface area contributed by atoms with Gasteiger partial charge in [-0.2, -0.15) is 0 Å². The number of hydrogen-bond acceptors (Lipinski definition) is 3. The van der Waals surface area contributed by atoms with E-state index < -0.39 is 0 Å². The van der Waals surface area contributed by atoms with Crippen molar-refractivity contribution in [2.45, 2.75) is 26.2 Å². The molecule has 1 aliphatic carbocycles. The first-order valence-corrected chi connectivity index (χ1v) is 8.37. The Morgan fingerprint density at radius 1 is 1.08 bits per heavy atom. The molecule has 1 heterocycles. The minimum Gasteiger partial charge on any atom is -0.338 e. The largest absolute Gasteiger partial charge is 0.338 e. The molecule has 0 saturated heterocycles. The van der Waals surface area contributed by atoms with E-state index in [0.717, 1.165) is 35.5 Å². The normalized spacial score (nSPS) is 13.6. The van der Waals surface area contributed by atoms with Crippen molar-refractivity contribution in [2.75, 3.05) is 5.32 Å². The van der Waals surface area contributed by atoms with Crippen molar-refractivity contribution in [3.05, 3.63) is 71.2 Å². The standard InChI is InChI=1S/C20H18FN3O/c1-13-5-2-3-6-16(13)22-20-19-17(7-4-8-18(19)25)24(23-20)15-11-9-14(21)10-12-15/h2-3,5-6,9-12H,4,7-8H2,1H3,(H,22,23). The van der Waals surface area contributed by atoms with Gasteiger partial charge in [-0.05, 0) is 55.7 Å². The first-order valence-electron chi connectivity index (χ1n) is 8.37. The van der Waals surface area contributed by atoms with Crippen molar-refractivity contribution in [3.8, 4) is 5.69 Å². The van der Waals surface area contributed by atoms with E-state index >= 15 is 0 Å². The van der Waals surface area contributed by atoms with Gasteiger partial charge in [0.15, 0.2) is 11.6 Å². The van der Waals surface area contributed by atoms with E-state index in [9.17, 15) is 9.18 Å². The van der Waals surface area contributed by atoms with Crippen LogP contribution in [0, 0.1) is 12.7 Å². The number of anilines is 2. The highest BCUT2D eigenvalue weighted by Crippen LogP contribution is 2.32. The summed E-state index contributed by atoms with van der Waals surface area (Å²) in [5.41, 5.74) is 4.30. The molecule has 2 aromatic carbocycles. The average Bonchev–Trinajstić information content (AvgIpc) is 2.98. The third-order valence-electron chi connectivity index (χ3n) is 4.55. The minimum absolute atomic E-state index is 0.102. The zero-order valence-electron chi connectivity index (χ0n) is 13.9. The summed E-state index contributed by atoms with van der Waals surface area (Å²) in [7, 11) is 0. The molecule has 1 aromatic heterocycles. The van der Waals surface area contributed by atoms with E-state index in [2.05, 4.69) is 10.4 Å². The molecule has 4 rings (SSSR count). The van der Waals surface area contributed by atoms with Gasteiger partial charge in [-0.1, -0.05) is 18.2 Å². The number of para-hydroxylation sites is 1. The first-order chi connectivity index (χ1) is 12.1. The fourth-order valence-corrected chi connectivity index (χ4v) is 3.24. The summed E-state index contributed by atoms with van der Waals surface area (Å²) in [6, 6.07) is 14.1. The van der Waals surface area contributed by atoms with Crippen LogP contribution >= 0.6 is 0 Å². The van der Waals surface area contributed by atoms with Crippen molar-refractivity contribution in [3.63, 3.8) is 0 Å². The van der Waals surface area contributed by atoms with Gasteiger partial charge in [-0.3, -0.25) is 4.79 Å². The Labute approximate surface area is 145 Å². The highest BCUT2D eigenvalue weighted by Gasteiger charge is 2.27. The molecule has 0 spiro atoms. The Kier molecular flexibility index (Phi) is 3.84. The molecule has 126 valence electrons. The minimum atomic E-state index is -0.292. The highest BCUT2D eigenvalue weighted by molar-refractivity contribution is 6.03. The van der Waals surface area contributed by atoms with Crippen LogP contribution in [0.5, 0.6) is 0 Å². The predicted molar refractivity (Wildman–Crippen MR) is 95.3 cm³/mol. The van der Waals surface area contributed by atoms with Crippen molar-refractivity contribution in [1.29, 1.82) is 0 Å². The Balaban J connectivity index is 1.83. The fourth-order valence-electron chi connectivity index (χ4n) is 3.24. The molecule has 0 aliphatic heterocycles. The molecule has 5 heteroatoms. The third-order valence-corrected chi connectivity index (χ3v) is 4.55. The smallest absolute Gasteiger partial charge is 0.168 e. The van der Waals surface area contributed by atoms with E-state index in [4.69, 9.17) is 0 Å². The second-order valence-electron chi connectivity index (χ2n) is 6.28. The Morgan fingerprint density at radius 2 is 1.84 bits per heavy atom. The fraction of sp³-hybridized carbons (Fsp3) is 0.200. The monoisotopic (exact) mass is 335 g/mol. The highest BCUT2D eigenvalue weighted by atomic mass is 19.1. The van der Waals surface area contributed by atoms with Gasteiger partial charge in [0.25, 0.3) is 0 Å². The van der Waals surface area contributed by atoms with E-state index in [-0.39, 0.29) is 11.6 Å². The van der Waals surface area contributed by atoms with Crippen LogP contribution in [0.15, 0.2) is 48.5 Å². The molecule has 1 aliphatic rings. The van der Waals surface area contributed by atoms with Crippen LogP contribution < -0.4 is 5.32 Å². The summed E-state index contributed by atoms with van der Waals surface area (Å²) in [5.74, 6) is 0.378. The quantitative estimate of drug-likeness (QED) is 0.762. The molecule has 0 fully saturated rings. The summed E-state index contributed by atoms with van der Waals surface area (Å²) in [6.45, 7) is 2.01. The molecule has 3 aromatic rings. The maximum atomic E-state index is 13.2. The Morgan fingerprint density at radius 3 is 2.60 bits per heavy atom. The average molecular weight is 335 g/mol. The lowest BCUT2D eigenvalue weighted by Gasteiger charge is -2.14. The number of halogens is 1. The molecular weight excluding hydrogens is 317 g/mol. The van der Waals surface area contributed by atoms with Gasteiger partial charge in [0, 0.05) is 12.1 Å². The van der Waals surface area contributed by atoms with Crippen LogP contribution in [0.2, 0.25) is 0 Å². The van der Waals surface area contributed by atoms with Crippen LogP contribution in [-0.4, -0.2) is 15.6 Å². The van der Waals surface area contributed by atoms with Crippen LogP contribution in [0.1, 0.15) is 34.5 Å². The molecule has 1 N–H and O–H groups in total. The van der Waals surface area contributed by atoms with Crippen LogP contribution in [0.25, 0.3) is 5.69 Å². The molecular formula is C20H18FN3O. The first kappa shape index (κ1) is 15.6. The van der Waals surface area contributed by atoms with Gasteiger partial charge in [0.2, 0.25) is 0 Å². The summed E-state index contributed by atoms with van der Waals surface area (Å²) < 4.78 is 15.0. The van der Waals surface area contributed by atoms with E-state index in [0.29, 0.717) is 17.8 Å². The van der Waals surface area contributed by atoms with Crippen LogP contribution in [-0.2, 0) is 6.42 Å². The lowest BCUT2D eigenvalue weighted by Crippen LogP contribution is -2.13. The van der Waals surface area contributed by atoms with Gasteiger partial charge >= 0.3 is 0 Å². The van der Waals surface area contributed by atoms with Crippen molar-refractivity contribution in [1.82, 2.24) is 9.78 Å². The lowest BCUT2D eigenvalue weighted by molar-refractivity contribution is 0.0973.